The normalized spacial score (nSPS) is 15.9. The molecule has 0 fully saturated rings. The Balaban J connectivity index is 1.41. The summed E-state index contributed by atoms with van der Waals surface area (Å²) in [5.74, 6) is 0.757. The number of halogens is 1. The maximum Gasteiger partial charge on any atom is 0.161 e. The molecule has 5 aromatic rings. The predicted octanol–water partition coefficient (Wildman–Crippen LogP) is 5.50. The molecule has 0 bridgehead atoms. The lowest BCUT2D eigenvalue weighted by molar-refractivity contribution is 0.603. The molecule has 4 aromatic heterocycles. The number of aryl methyl sites for hydroxylation is 1. The third-order valence-corrected chi connectivity index (χ3v) is 6.57. The van der Waals surface area contributed by atoms with Gasteiger partial charge in [-0.2, -0.15) is 9.61 Å². The highest BCUT2D eigenvalue weighted by atomic mass is 19.1. The number of pyridine rings is 1. The smallest absolute Gasteiger partial charge is 0.161 e. The van der Waals surface area contributed by atoms with E-state index >= 15 is 0 Å². The number of anilines is 1. The van der Waals surface area contributed by atoms with Gasteiger partial charge in [-0.1, -0.05) is 32.0 Å². The maximum atomic E-state index is 13.9. The number of nitrogens with one attached hydrogen (secondary N) is 2. The van der Waals surface area contributed by atoms with Crippen LogP contribution in [0.5, 0.6) is 0 Å². The molecule has 0 saturated carbocycles. The third-order valence-electron chi connectivity index (χ3n) is 6.57. The summed E-state index contributed by atoms with van der Waals surface area (Å²) in [6.45, 7) is 4.25. The van der Waals surface area contributed by atoms with Gasteiger partial charge in [-0.3, -0.25) is 4.98 Å². The Hall–Kier alpha value is -3.74. The fourth-order valence-corrected chi connectivity index (χ4v) is 4.89. The lowest BCUT2D eigenvalue weighted by Crippen LogP contribution is -2.28. The molecule has 0 saturated heterocycles. The van der Waals surface area contributed by atoms with E-state index in [0.29, 0.717) is 11.3 Å². The summed E-state index contributed by atoms with van der Waals surface area (Å²) in [4.78, 5) is 12.4. The van der Waals surface area contributed by atoms with Gasteiger partial charge < -0.3 is 10.3 Å². The second kappa shape index (κ2) is 7.69. The van der Waals surface area contributed by atoms with Gasteiger partial charge in [-0.15, -0.1) is 0 Å². The van der Waals surface area contributed by atoms with Crippen molar-refractivity contribution in [2.75, 3.05) is 5.32 Å². The SMILES string of the molecule is CC(C)c1cnn2c(N[C@H]3CCc4[nH]c5ccccc5c4C3)cc(-c3cncc(F)c3)nc12. The highest BCUT2D eigenvalue weighted by Gasteiger charge is 2.24. The van der Waals surface area contributed by atoms with Crippen molar-refractivity contribution in [1.82, 2.24) is 24.6 Å². The van der Waals surface area contributed by atoms with E-state index in [0.717, 1.165) is 36.3 Å². The molecule has 1 aromatic carbocycles. The first-order chi connectivity index (χ1) is 16.1. The van der Waals surface area contributed by atoms with Crippen LogP contribution < -0.4 is 5.32 Å². The Morgan fingerprint density at radius 3 is 2.88 bits per heavy atom. The van der Waals surface area contributed by atoms with Gasteiger partial charge in [0.2, 0.25) is 0 Å². The van der Waals surface area contributed by atoms with Crippen LogP contribution in [-0.4, -0.2) is 30.6 Å². The lowest BCUT2D eigenvalue weighted by atomic mass is 9.91. The van der Waals surface area contributed by atoms with E-state index in [1.807, 2.05) is 16.8 Å². The highest BCUT2D eigenvalue weighted by Crippen LogP contribution is 2.32. The molecule has 0 aliphatic heterocycles. The minimum absolute atomic E-state index is 0.257. The Kier molecular flexibility index (Phi) is 4.64. The summed E-state index contributed by atoms with van der Waals surface area (Å²) >= 11 is 0. The van der Waals surface area contributed by atoms with E-state index in [9.17, 15) is 4.39 Å². The van der Waals surface area contributed by atoms with Crippen LogP contribution in [0.1, 0.15) is 43.0 Å². The molecule has 7 heteroatoms. The number of para-hydroxylation sites is 1. The minimum atomic E-state index is -0.375. The van der Waals surface area contributed by atoms with E-state index in [2.05, 4.69) is 58.5 Å². The molecule has 166 valence electrons. The number of nitrogens with zero attached hydrogens (tertiary/aromatic N) is 4. The predicted molar refractivity (Wildman–Crippen MR) is 128 cm³/mol. The molecule has 1 aliphatic rings. The summed E-state index contributed by atoms with van der Waals surface area (Å²) in [5, 5.41) is 9.66. The topological polar surface area (TPSA) is 70.9 Å². The first-order valence-electron chi connectivity index (χ1n) is 11.4. The molecule has 6 nitrogen and oxygen atoms in total. The monoisotopic (exact) mass is 440 g/mol. The zero-order valence-corrected chi connectivity index (χ0v) is 18.6. The van der Waals surface area contributed by atoms with Crippen LogP contribution in [0.4, 0.5) is 10.2 Å². The number of H-pyrrole nitrogens is 1. The summed E-state index contributed by atoms with van der Waals surface area (Å²) in [6.07, 6.45) is 7.67. The summed E-state index contributed by atoms with van der Waals surface area (Å²) in [5.41, 5.74) is 7.11. The first kappa shape index (κ1) is 19.9. The summed E-state index contributed by atoms with van der Waals surface area (Å²) in [7, 11) is 0. The largest absolute Gasteiger partial charge is 0.367 e. The summed E-state index contributed by atoms with van der Waals surface area (Å²) < 4.78 is 15.8. The number of aromatic amines is 1. The molecular weight excluding hydrogens is 415 g/mol. The standard InChI is InChI=1S/C26H25FN6/c1-15(2)21-14-29-33-25(11-24(32-26(21)33)16-9-17(27)13-28-12-16)30-18-7-8-23-20(10-18)19-5-3-4-6-22(19)31-23/h3-6,9,11-15,18,30-31H,7-8,10H2,1-2H3/t18-/m0/s1. The van der Waals surface area contributed by atoms with E-state index in [-0.39, 0.29) is 17.8 Å². The van der Waals surface area contributed by atoms with E-state index < -0.39 is 0 Å². The zero-order chi connectivity index (χ0) is 22.5. The Bertz CT molecular complexity index is 1480. The molecule has 1 atom stereocenters. The molecule has 6 rings (SSSR count). The number of fused-ring (bicyclic) bond motifs is 4. The average molecular weight is 441 g/mol. The van der Waals surface area contributed by atoms with E-state index in [4.69, 9.17) is 4.98 Å². The van der Waals surface area contributed by atoms with Crippen molar-refractivity contribution in [2.24, 2.45) is 0 Å². The number of hydrogen-bond donors (Lipinski definition) is 2. The van der Waals surface area contributed by atoms with E-state index in [1.54, 1.807) is 6.20 Å². The number of aromatic nitrogens is 5. The zero-order valence-electron chi connectivity index (χ0n) is 18.6. The first-order valence-corrected chi connectivity index (χ1v) is 11.4. The second-order valence-corrected chi connectivity index (χ2v) is 9.12. The number of hydrogen-bond acceptors (Lipinski definition) is 4. The second-order valence-electron chi connectivity index (χ2n) is 9.12. The van der Waals surface area contributed by atoms with Crippen molar-refractivity contribution in [2.45, 2.75) is 45.1 Å². The van der Waals surface area contributed by atoms with Gasteiger partial charge in [-0.05, 0) is 42.9 Å². The molecular formula is C26H25FN6. The van der Waals surface area contributed by atoms with Gasteiger partial charge in [0.15, 0.2) is 5.65 Å². The van der Waals surface area contributed by atoms with Crippen molar-refractivity contribution in [3.8, 4) is 11.3 Å². The van der Waals surface area contributed by atoms with Gasteiger partial charge in [0.25, 0.3) is 0 Å². The lowest BCUT2D eigenvalue weighted by Gasteiger charge is -2.25. The number of benzene rings is 1. The Morgan fingerprint density at radius 1 is 1.15 bits per heavy atom. The van der Waals surface area contributed by atoms with Crippen molar-refractivity contribution < 1.29 is 4.39 Å². The minimum Gasteiger partial charge on any atom is -0.367 e. The van der Waals surface area contributed by atoms with Crippen LogP contribution in [0.3, 0.4) is 0 Å². The molecule has 1 aliphatic carbocycles. The Morgan fingerprint density at radius 2 is 2.03 bits per heavy atom. The summed E-state index contributed by atoms with van der Waals surface area (Å²) in [6, 6.07) is 12.2. The molecule has 0 radical (unpaired) electrons. The van der Waals surface area contributed by atoms with Crippen LogP contribution in [0.15, 0.2) is 55.0 Å². The van der Waals surface area contributed by atoms with Crippen molar-refractivity contribution in [3.63, 3.8) is 0 Å². The fourth-order valence-electron chi connectivity index (χ4n) is 4.89. The van der Waals surface area contributed by atoms with Crippen LogP contribution >= 0.6 is 0 Å². The van der Waals surface area contributed by atoms with Gasteiger partial charge in [0.1, 0.15) is 11.6 Å². The highest BCUT2D eigenvalue weighted by molar-refractivity contribution is 5.85. The molecule has 0 amide bonds. The Labute approximate surface area is 190 Å². The van der Waals surface area contributed by atoms with Gasteiger partial charge >= 0.3 is 0 Å². The van der Waals surface area contributed by atoms with Gasteiger partial charge in [0.05, 0.1) is 18.1 Å². The van der Waals surface area contributed by atoms with Crippen LogP contribution in [0.2, 0.25) is 0 Å². The number of rotatable bonds is 4. The third kappa shape index (κ3) is 3.44. The van der Waals surface area contributed by atoms with Crippen LogP contribution in [0.25, 0.3) is 27.8 Å². The molecule has 0 unspecified atom stereocenters. The maximum absolute atomic E-state index is 13.9. The molecule has 2 N–H and O–H groups in total. The van der Waals surface area contributed by atoms with Crippen molar-refractivity contribution in [1.29, 1.82) is 0 Å². The van der Waals surface area contributed by atoms with Gasteiger partial charge in [0, 0.05) is 46.0 Å². The molecule has 0 spiro atoms. The van der Waals surface area contributed by atoms with Crippen molar-refractivity contribution >= 4 is 22.4 Å². The quantitative estimate of drug-likeness (QED) is 0.387. The van der Waals surface area contributed by atoms with E-state index in [1.165, 1.54) is 34.4 Å². The van der Waals surface area contributed by atoms with Gasteiger partial charge in [-0.25, -0.2) is 9.37 Å². The molecule has 4 heterocycles. The fraction of sp³-hybridized carbons (Fsp3) is 0.269. The van der Waals surface area contributed by atoms with Crippen LogP contribution in [-0.2, 0) is 12.8 Å². The van der Waals surface area contributed by atoms with Crippen LogP contribution in [0, 0.1) is 5.82 Å². The molecule has 33 heavy (non-hydrogen) atoms. The average Bonchev–Trinajstić information content (AvgIpc) is 3.41. The van der Waals surface area contributed by atoms with Crippen molar-refractivity contribution in [3.05, 3.63) is 77.6 Å².